The van der Waals surface area contributed by atoms with Gasteiger partial charge in [0.15, 0.2) is 0 Å². The number of carboxylic acid groups (broad SMARTS) is 1. The lowest BCUT2D eigenvalue weighted by Gasteiger charge is -2.29. The van der Waals surface area contributed by atoms with Gasteiger partial charge in [0, 0.05) is 10.6 Å². The van der Waals surface area contributed by atoms with Gasteiger partial charge < -0.3 is 9.84 Å². The van der Waals surface area contributed by atoms with Crippen LogP contribution >= 0.6 is 23.4 Å². The average Bonchev–Trinajstić information content (AvgIpc) is 2.38. The zero-order valence-corrected chi connectivity index (χ0v) is 11.4. The predicted octanol–water partition coefficient (Wildman–Crippen LogP) is 2.53. The number of halogens is 1. The Morgan fingerprint density at radius 2 is 2.39 bits per heavy atom. The maximum absolute atomic E-state index is 11.0. The van der Waals surface area contributed by atoms with Crippen molar-refractivity contribution in [1.29, 1.82) is 0 Å². The van der Waals surface area contributed by atoms with E-state index in [1.165, 1.54) is 0 Å². The molecule has 2 N–H and O–H groups in total. The largest absolute Gasteiger partial charge is 0.496 e. The number of carboxylic acids is 1. The topological polar surface area (TPSA) is 58.6 Å². The fourth-order valence-electron chi connectivity index (χ4n) is 1.93. The standard InChI is InChI=1S/C12H14ClNO3S/c1-17-9-4-2-3-7(13)10(9)11-14-8(12(15)16)5-6-18-11/h2-4,8,11,14H,5-6H2,1H3,(H,15,16). The summed E-state index contributed by atoms with van der Waals surface area (Å²) in [6.45, 7) is 0. The first-order valence-electron chi connectivity index (χ1n) is 5.56. The highest BCUT2D eigenvalue weighted by molar-refractivity contribution is 7.99. The van der Waals surface area contributed by atoms with E-state index in [2.05, 4.69) is 5.32 Å². The monoisotopic (exact) mass is 287 g/mol. The first-order chi connectivity index (χ1) is 8.63. The fourth-order valence-corrected chi connectivity index (χ4v) is 3.55. The van der Waals surface area contributed by atoms with Gasteiger partial charge in [0.2, 0.25) is 0 Å². The third kappa shape index (κ3) is 2.74. The highest BCUT2D eigenvalue weighted by Crippen LogP contribution is 2.40. The van der Waals surface area contributed by atoms with Crippen molar-refractivity contribution in [2.24, 2.45) is 0 Å². The molecule has 98 valence electrons. The van der Waals surface area contributed by atoms with E-state index < -0.39 is 12.0 Å². The summed E-state index contributed by atoms with van der Waals surface area (Å²) in [6, 6.07) is 4.89. The number of aliphatic carboxylic acids is 1. The van der Waals surface area contributed by atoms with Crippen LogP contribution in [-0.2, 0) is 4.79 Å². The second-order valence-corrected chi connectivity index (χ2v) is 5.57. The van der Waals surface area contributed by atoms with Crippen LogP contribution in [0.15, 0.2) is 18.2 Å². The minimum absolute atomic E-state index is 0.150. The smallest absolute Gasteiger partial charge is 0.320 e. The molecule has 18 heavy (non-hydrogen) atoms. The maximum Gasteiger partial charge on any atom is 0.320 e. The summed E-state index contributed by atoms with van der Waals surface area (Å²) in [5, 5.41) is 12.6. The molecular formula is C12H14ClNO3S. The van der Waals surface area contributed by atoms with Gasteiger partial charge in [0.25, 0.3) is 0 Å². The summed E-state index contributed by atoms with van der Waals surface area (Å²) in [4.78, 5) is 11.0. The van der Waals surface area contributed by atoms with E-state index in [0.717, 1.165) is 11.3 Å². The molecule has 0 aliphatic carbocycles. The van der Waals surface area contributed by atoms with Crippen molar-refractivity contribution in [1.82, 2.24) is 5.32 Å². The molecule has 0 amide bonds. The number of ether oxygens (including phenoxy) is 1. The SMILES string of the molecule is COc1cccc(Cl)c1C1NC(C(=O)O)CCS1. The predicted molar refractivity (Wildman–Crippen MR) is 72.4 cm³/mol. The number of methoxy groups -OCH3 is 1. The lowest BCUT2D eigenvalue weighted by Crippen LogP contribution is -2.41. The van der Waals surface area contributed by atoms with Crippen molar-refractivity contribution in [2.45, 2.75) is 17.8 Å². The number of thioether (sulfide) groups is 1. The van der Waals surface area contributed by atoms with Crippen LogP contribution in [0.3, 0.4) is 0 Å². The number of nitrogens with one attached hydrogen (secondary N) is 1. The van der Waals surface area contributed by atoms with E-state index in [0.29, 0.717) is 17.2 Å². The summed E-state index contributed by atoms with van der Waals surface area (Å²) < 4.78 is 5.29. The molecule has 1 fully saturated rings. The van der Waals surface area contributed by atoms with Gasteiger partial charge in [-0.1, -0.05) is 17.7 Å². The summed E-state index contributed by atoms with van der Waals surface area (Å²) in [5.74, 6) is 0.632. The van der Waals surface area contributed by atoms with Crippen LogP contribution in [0.4, 0.5) is 0 Å². The lowest BCUT2D eigenvalue weighted by atomic mass is 10.1. The van der Waals surface area contributed by atoms with E-state index in [1.807, 2.05) is 12.1 Å². The Kier molecular flexibility index (Phi) is 4.37. The molecule has 2 atom stereocenters. The molecule has 1 aliphatic rings. The van der Waals surface area contributed by atoms with Crippen molar-refractivity contribution in [3.8, 4) is 5.75 Å². The first-order valence-corrected chi connectivity index (χ1v) is 6.99. The van der Waals surface area contributed by atoms with Gasteiger partial charge >= 0.3 is 5.97 Å². The highest BCUT2D eigenvalue weighted by Gasteiger charge is 2.30. The van der Waals surface area contributed by atoms with Crippen molar-refractivity contribution >= 4 is 29.3 Å². The molecule has 1 saturated heterocycles. The molecule has 0 radical (unpaired) electrons. The highest BCUT2D eigenvalue weighted by atomic mass is 35.5. The Hall–Kier alpha value is -0.910. The minimum atomic E-state index is -0.827. The molecule has 1 heterocycles. The molecule has 0 aromatic heterocycles. The second-order valence-electron chi connectivity index (χ2n) is 3.95. The molecule has 2 rings (SSSR count). The first kappa shape index (κ1) is 13.5. The Bertz CT molecular complexity index is 455. The van der Waals surface area contributed by atoms with Gasteiger partial charge in [0.05, 0.1) is 12.5 Å². The van der Waals surface area contributed by atoms with Crippen LogP contribution in [0.25, 0.3) is 0 Å². The van der Waals surface area contributed by atoms with Gasteiger partial charge in [-0.15, -0.1) is 11.8 Å². The summed E-state index contributed by atoms with van der Waals surface area (Å²) in [5.41, 5.74) is 0.817. The molecule has 6 heteroatoms. The van der Waals surface area contributed by atoms with E-state index in [9.17, 15) is 4.79 Å². The number of rotatable bonds is 3. The van der Waals surface area contributed by atoms with Gasteiger partial charge in [-0.05, 0) is 24.3 Å². The lowest BCUT2D eigenvalue weighted by molar-refractivity contribution is -0.139. The summed E-state index contributed by atoms with van der Waals surface area (Å²) in [6.07, 6.45) is 0.614. The van der Waals surface area contributed by atoms with E-state index >= 15 is 0 Å². The Labute approximate surface area is 115 Å². The molecule has 4 nitrogen and oxygen atoms in total. The molecule has 0 spiro atoms. The third-order valence-electron chi connectivity index (χ3n) is 2.84. The Balaban J connectivity index is 2.28. The number of carbonyl (C=O) groups is 1. The van der Waals surface area contributed by atoms with Crippen LogP contribution < -0.4 is 10.1 Å². The third-order valence-corrected chi connectivity index (χ3v) is 4.34. The van der Waals surface area contributed by atoms with Crippen molar-refractivity contribution in [3.63, 3.8) is 0 Å². The quantitative estimate of drug-likeness (QED) is 0.895. The second kappa shape index (κ2) is 5.82. The molecule has 0 bridgehead atoms. The van der Waals surface area contributed by atoms with Crippen molar-refractivity contribution < 1.29 is 14.6 Å². The molecule has 1 aromatic carbocycles. The number of hydrogen-bond donors (Lipinski definition) is 2. The molecule has 0 saturated carbocycles. The van der Waals surface area contributed by atoms with Gasteiger partial charge in [-0.3, -0.25) is 10.1 Å². The van der Waals surface area contributed by atoms with Crippen molar-refractivity contribution in [3.05, 3.63) is 28.8 Å². The van der Waals surface area contributed by atoms with Gasteiger partial charge in [-0.2, -0.15) is 0 Å². The van der Waals surface area contributed by atoms with Gasteiger partial charge in [0.1, 0.15) is 11.8 Å². The van der Waals surface area contributed by atoms with Crippen LogP contribution in [0.2, 0.25) is 5.02 Å². The Morgan fingerprint density at radius 3 is 3.06 bits per heavy atom. The molecule has 1 aromatic rings. The summed E-state index contributed by atoms with van der Waals surface area (Å²) in [7, 11) is 1.58. The number of benzene rings is 1. The average molecular weight is 288 g/mol. The van der Waals surface area contributed by atoms with E-state index in [1.54, 1.807) is 24.9 Å². The normalized spacial score (nSPS) is 23.7. The zero-order valence-electron chi connectivity index (χ0n) is 9.85. The van der Waals surface area contributed by atoms with Crippen LogP contribution in [0.1, 0.15) is 17.4 Å². The van der Waals surface area contributed by atoms with Crippen molar-refractivity contribution in [2.75, 3.05) is 12.9 Å². The van der Waals surface area contributed by atoms with E-state index in [4.69, 9.17) is 21.4 Å². The minimum Gasteiger partial charge on any atom is -0.496 e. The number of hydrogen-bond acceptors (Lipinski definition) is 4. The molecule has 1 aliphatic heterocycles. The maximum atomic E-state index is 11.0. The summed E-state index contributed by atoms with van der Waals surface area (Å²) >= 11 is 7.83. The van der Waals surface area contributed by atoms with Crippen LogP contribution in [0, 0.1) is 0 Å². The molecule has 2 unspecified atom stereocenters. The molecular weight excluding hydrogens is 274 g/mol. The van der Waals surface area contributed by atoms with Crippen LogP contribution in [0.5, 0.6) is 5.75 Å². The van der Waals surface area contributed by atoms with Gasteiger partial charge in [-0.25, -0.2) is 0 Å². The Morgan fingerprint density at radius 1 is 1.61 bits per heavy atom. The fraction of sp³-hybridized carbons (Fsp3) is 0.417. The zero-order chi connectivity index (χ0) is 13.1. The van der Waals surface area contributed by atoms with Crippen LogP contribution in [-0.4, -0.2) is 30.0 Å². The van der Waals surface area contributed by atoms with E-state index in [-0.39, 0.29) is 5.37 Å².